The van der Waals surface area contributed by atoms with Gasteiger partial charge in [0, 0.05) is 18.9 Å². The van der Waals surface area contributed by atoms with Crippen molar-refractivity contribution in [3.63, 3.8) is 0 Å². The summed E-state index contributed by atoms with van der Waals surface area (Å²) in [5, 5.41) is 0. The van der Waals surface area contributed by atoms with Crippen molar-refractivity contribution >= 4 is 5.97 Å². The summed E-state index contributed by atoms with van der Waals surface area (Å²) in [4.78, 5) is 10.4. The van der Waals surface area contributed by atoms with E-state index in [0.717, 1.165) is 0 Å². The molecule has 0 aliphatic heterocycles. The Bertz CT molecular complexity index is 317. The molecule has 0 spiro atoms. The second kappa shape index (κ2) is 4.69. The fourth-order valence-corrected chi connectivity index (χ4v) is 1.07. The third-order valence-corrected chi connectivity index (χ3v) is 1.72. The van der Waals surface area contributed by atoms with Crippen LogP contribution in [0.25, 0.3) is 0 Å². The predicted molar refractivity (Wildman–Crippen MR) is 46.7 cm³/mol. The van der Waals surface area contributed by atoms with Gasteiger partial charge in [-0.05, 0) is 12.1 Å². The van der Waals surface area contributed by atoms with E-state index in [2.05, 4.69) is 4.74 Å². The van der Waals surface area contributed by atoms with Crippen LogP contribution < -0.4 is 0 Å². The Morgan fingerprint density at radius 1 is 1.36 bits per heavy atom. The van der Waals surface area contributed by atoms with Crippen molar-refractivity contribution in [3.8, 4) is 0 Å². The molecule has 2 nitrogen and oxygen atoms in total. The zero-order valence-corrected chi connectivity index (χ0v) is 7.72. The third-order valence-electron chi connectivity index (χ3n) is 1.72. The topological polar surface area (TPSA) is 26.3 Å². The highest BCUT2D eigenvalue weighted by atomic mass is 19.1. The van der Waals surface area contributed by atoms with E-state index in [9.17, 15) is 13.6 Å². The minimum Gasteiger partial charge on any atom is -0.466 e. The Kier molecular flexibility index (Phi) is 3.56. The van der Waals surface area contributed by atoms with Gasteiger partial charge in [-0.2, -0.15) is 0 Å². The van der Waals surface area contributed by atoms with Crippen molar-refractivity contribution in [2.45, 2.75) is 13.3 Å². The minimum atomic E-state index is -0.614. The van der Waals surface area contributed by atoms with Gasteiger partial charge < -0.3 is 4.74 Å². The van der Waals surface area contributed by atoms with E-state index in [1.807, 2.05) is 0 Å². The monoisotopic (exact) mass is 200 g/mol. The maximum absolute atomic E-state index is 13.0. The summed E-state index contributed by atoms with van der Waals surface area (Å²) in [7, 11) is 0. The Hall–Kier alpha value is -1.45. The van der Waals surface area contributed by atoms with E-state index >= 15 is 0 Å². The van der Waals surface area contributed by atoms with Crippen molar-refractivity contribution in [2.24, 2.45) is 0 Å². The van der Waals surface area contributed by atoms with Crippen molar-refractivity contribution in [1.82, 2.24) is 0 Å². The number of esters is 1. The average molecular weight is 200 g/mol. The van der Waals surface area contributed by atoms with Gasteiger partial charge in [0.25, 0.3) is 0 Å². The van der Waals surface area contributed by atoms with Gasteiger partial charge in [0.05, 0.1) is 6.61 Å². The molecule has 14 heavy (non-hydrogen) atoms. The molecule has 1 aromatic rings. The Balaban J connectivity index is 2.62. The first-order valence-corrected chi connectivity index (χ1v) is 4.17. The average Bonchev–Trinajstić information content (AvgIpc) is 2.09. The molecule has 0 bridgehead atoms. The first kappa shape index (κ1) is 10.6. The number of hydrogen-bond donors (Lipinski definition) is 0. The molecule has 0 amide bonds. The lowest BCUT2D eigenvalue weighted by atomic mass is 10.1. The molecule has 1 rings (SSSR count). The molecule has 0 unspecified atom stereocenters. The normalized spacial score (nSPS) is 9.93. The SMILES string of the molecule is CC(=O)OCCc1c(F)cccc1F. The molecule has 0 atom stereocenters. The number of rotatable bonds is 3. The summed E-state index contributed by atoms with van der Waals surface area (Å²) in [5.41, 5.74) is -0.0475. The Morgan fingerprint density at radius 2 is 1.93 bits per heavy atom. The molecule has 0 aliphatic carbocycles. The number of halogens is 2. The van der Waals surface area contributed by atoms with Crippen molar-refractivity contribution < 1.29 is 18.3 Å². The standard InChI is InChI=1S/C10H10F2O2/c1-7(13)14-6-5-8-9(11)3-2-4-10(8)12/h2-4H,5-6H2,1H3. The second-order valence-corrected chi connectivity index (χ2v) is 2.79. The maximum atomic E-state index is 13.0. The molecule has 0 N–H and O–H groups in total. The lowest BCUT2D eigenvalue weighted by Crippen LogP contribution is -2.06. The van der Waals surface area contributed by atoms with Crippen LogP contribution in [0.4, 0.5) is 8.78 Å². The summed E-state index contributed by atoms with van der Waals surface area (Å²) in [5.74, 6) is -1.68. The summed E-state index contributed by atoms with van der Waals surface area (Å²) in [6.07, 6.45) is 0.0537. The van der Waals surface area contributed by atoms with Crippen LogP contribution in [-0.2, 0) is 16.0 Å². The number of benzene rings is 1. The van der Waals surface area contributed by atoms with Crippen LogP contribution >= 0.6 is 0 Å². The van der Waals surface area contributed by atoms with Crippen molar-refractivity contribution in [3.05, 3.63) is 35.4 Å². The molecular weight excluding hydrogens is 190 g/mol. The number of carbonyl (C=O) groups excluding carboxylic acids is 1. The van der Waals surface area contributed by atoms with Crippen molar-refractivity contribution in [2.75, 3.05) is 6.61 Å². The van der Waals surface area contributed by atoms with E-state index < -0.39 is 17.6 Å². The minimum absolute atomic E-state index is 0.00676. The fraction of sp³-hybridized carbons (Fsp3) is 0.300. The third kappa shape index (κ3) is 2.80. The number of ether oxygens (including phenoxy) is 1. The molecule has 4 heteroatoms. The fourth-order valence-electron chi connectivity index (χ4n) is 1.07. The van der Waals surface area contributed by atoms with E-state index in [1.165, 1.54) is 25.1 Å². The lowest BCUT2D eigenvalue weighted by Gasteiger charge is -2.04. The molecule has 0 saturated heterocycles. The van der Waals surface area contributed by atoms with Gasteiger partial charge in [0.2, 0.25) is 0 Å². The largest absolute Gasteiger partial charge is 0.466 e. The molecule has 76 valence electrons. The Morgan fingerprint density at radius 3 is 2.43 bits per heavy atom. The molecular formula is C10H10F2O2. The van der Waals surface area contributed by atoms with Crippen LogP contribution in [0.2, 0.25) is 0 Å². The van der Waals surface area contributed by atoms with Crippen LogP contribution in [0.15, 0.2) is 18.2 Å². The molecule has 0 aromatic heterocycles. The lowest BCUT2D eigenvalue weighted by molar-refractivity contribution is -0.140. The van der Waals surface area contributed by atoms with E-state index in [4.69, 9.17) is 0 Å². The summed E-state index contributed by atoms with van der Waals surface area (Å²) >= 11 is 0. The molecule has 0 heterocycles. The van der Waals surface area contributed by atoms with Crippen LogP contribution in [0.1, 0.15) is 12.5 Å². The number of carbonyl (C=O) groups is 1. The summed E-state index contributed by atoms with van der Waals surface area (Å²) in [6.45, 7) is 1.24. The second-order valence-electron chi connectivity index (χ2n) is 2.79. The van der Waals surface area contributed by atoms with Gasteiger partial charge >= 0.3 is 5.97 Å². The van der Waals surface area contributed by atoms with Gasteiger partial charge in [-0.1, -0.05) is 6.07 Å². The van der Waals surface area contributed by atoms with Crippen LogP contribution in [-0.4, -0.2) is 12.6 Å². The highest BCUT2D eigenvalue weighted by molar-refractivity contribution is 5.65. The van der Waals surface area contributed by atoms with Crippen LogP contribution in [0.3, 0.4) is 0 Å². The Labute approximate surface area is 80.5 Å². The zero-order chi connectivity index (χ0) is 10.6. The van der Waals surface area contributed by atoms with Gasteiger partial charge in [-0.15, -0.1) is 0 Å². The molecule has 0 fully saturated rings. The molecule has 0 radical (unpaired) electrons. The first-order valence-electron chi connectivity index (χ1n) is 4.17. The van der Waals surface area contributed by atoms with E-state index in [-0.39, 0.29) is 18.6 Å². The summed E-state index contributed by atoms with van der Waals surface area (Å²) < 4.78 is 30.6. The van der Waals surface area contributed by atoms with Crippen LogP contribution in [0.5, 0.6) is 0 Å². The highest BCUT2D eigenvalue weighted by Gasteiger charge is 2.08. The van der Waals surface area contributed by atoms with E-state index in [1.54, 1.807) is 0 Å². The maximum Gasteiger partial charge on any atom is 0.302 e. The van der Waals surface area contributed by atoms with E-state index in [0.29, 0.717) is 0 Å². The predicted octanol–water partition coefficient (Wildman–Crippen LogP) is 2.07. The summed E-state index contributed by atoms with van der Waals surface area (Å²) in [6, 6.07) is 3.64. The van der Waals surface area contributed by atoms with Crippen LogP contribution in [0, 0.1) is 11.6 Å². The van der Waals surface area contributed by atoms with Gasteiger partial charge in [-0.3, -0.25) is 4.79 Å². The molecule has 0 saturated carbocycles. The quantitative estimate of drug-likeness (QED) is 0.698. The highest BCUT2D eigenvalue weighted by Crippen LogP contribution is 2.12. The van der Waals surface area contributed by atoms with Gasteiger partial charge in [-0.25, -0.2) is 8.78 Å². The molecule has 1 aromatic carbocycles. The van der Waals surface area contributed by atoms with Crippen molar-refractivity contribution in [1.29, 1.82) is 0 Å². The molecule has 0 aliphatic rings. The first-order chi connectivity index (χ1) is 6.61. The smallest absolute Gasteiger partial charge is 0.302 e. The number of hydrogen-bond acceptors (Lipinski definition) is 2. The zero-order valence-electron chi connectivity index (χ0n) is 7.72. The van der Waals surface area contributed by atoms with Gasteiger partial charge in [0.1, 0.15) is 11.6 Å². The van der Waals surface area contributed by atoms with Gasteiger partial charge in [0.15, 0.2) is 0 Å².